The Morgan fingerprint density at radius 2 is 2.00 bits per heavy atom. The molecule has 3 aromatic heterocycles. The second-order valence-electron chi connectivity index (χ2n) is 7.49. The van der Waals surface area contributed by atoms with Crippen LogP contribution in [-0.4, -0.2) is 43.2 Å². The van der Waals surface area contributed by atoms with Gasteiger partial charge < -0.3 is 4.90 Å². The fourth-order valence-corrected chi connectivity index (χ4v) is 4.90. The summed E-state index contributed by atoms with van der Waals surface area (Å²) < 4.78 is 4.33. The van der Waals surface area contributed by atoms with Crippen molar-refractivity contribution in [2.45, 2.75) is 46.6 Å². The van der Waals surface area contributed by atoms with E-state index in [1.807, 2.05) is 42.8 Å². The molecule has 0 bridgehead atoms. The average Bonchev–Trinajstić information content (AvgIpc) is 3.04. The molecule has 3 aromatic rings. The minimum Gasteiger partial charge on any atom is -0.340 e. The molecule has 0 aliphatic carbocycles. The molecule has 148 valence electrons. The molecular formula is C20H25N5O2S. The van der Waals surface area contributed by atoms with Gasteiger partial charge in [0, 0.05) is 45.2 Å². The number of aryl methyl sites for hydroxylation is 3. The second kappa shape index (κ2) is 7.16. The molecule has 4 rings (SSSR count). The van der Waals surface area contributed by atoms with Gasteiger partial charge in [0.15, 0.2) is 0 Å². The normalized spacial score (nSPS) is 14.4. The summed E-state index contributed by atoms with van der Waals surface area (Å²) in [6.07, 6.45) is 1.76. The lowest BCUT2D eigenvalue weighted by Crippen LogP contribution is -2.34. The van der Waals surface area contributed by atoms with Gasteiger partial charge in [-0.1, -0.05) is 0 Å². The predicted molar refractivity (Wildman–Crippen MR) is 110 cm³/mol. The van der Waals surface area contributed by atoms with Crippen LogP contribution in [0.3, 0.4) is 0 Å². The van der Waals surface area contributed by atoms with Gasteiger partial charge in [-0.05, 0) is 43.7 Å². The van der Waals surface area contributed by atoms with Gasteiger partial charge in [0.2, 0.25) is 5.91 Å². The van der Waals surface area contributed by atoms with Crippen molar-refractivity contribution >= 4 is 27.5 Å². The van der Waals surface area contributed by atoms with Crippen LogP contribution < -0.4 is 5.56 Å². The molecule has 0 N–H and O–H groups in total. The molecule has 1 amide bonds. The van der Waals surface area contributed by atoms with Crippen LogP contribution >= 0.6 is 11.3 Å². The Morgan fingerprint density at radius 3 is 2.71 bits per heavy atom. The minimum atomic E-state index is 0.0222. The van der Waals surface area contributed by atoms with E-state index in [9.17, 15) is 9.59 Å². The number of rotatable bonds is 3. The highest BCUT2D eigenvalue weighted by atomic mass is 32.1. The van der Waals surface area contributed by atoms with Gasteiger partial charge in [-0.2, -0.15) is 5.10 Å². The number of thiophene rings is 1. The molecular weight excluding hydrogens is 374 g/mol. The summed E-state index contributed by atoms with van der Waals surface area (Å²) in [4.78, 5) is 32.2. The summed E-state index contributed by atoms with van der Waals surface area (Å²) in [6, 6.07) is 0. The number of aromatic nitrogens is 4. The zero-order valence-corrected chi connectivity index (χ0v) is 17.6. The van der Waals surface area contributed by atoms with Crippen LogP contribution in [0, 0.1) is 20.8 Å². The number of hydrogen-bond donors (Lipinski definition) is 0. The summed E-state index contributed by atoms with van der Waals surface area (Å²) in [5.74, 6) is 0.912. The summed E-state index contributed by atoms with van der Waals surface area (Å²) >= 11 is 1.45. The molecule has 8 heteroatoms. The lowest BCUT2D eigenvalue weighted by atomic mass is 10.1. The van der Waals surface area contributed by atoms with Crippen molar-refractivity contribution in [2.24, 2.45) is 7.05 Å². The Labute approximate surface area is 167 Å². The maximum Gasteiger partial charge on any atom is 0.271 e. The van der Waals surface area contributed by atoms with Crippen molar-refractivity contribution in [3.05, 3.63) is 44.1 Å². The standard InChI is InChI=1S/C20H25N5O2S/c1-12-11-28-19-18(12)21-16-7-8-24(9-10-25(16)20(19)27)17(26)6-5-15-13(2)22-23(4)14(15)3/h11H,5-10H2,1-4H3. The van der Waals surface area contributed by atoms with Gasteiger partial charge >= 0.3 is 0 Å². The maximum absolute atomic E-state index is 12.8. The molecule has 4 heterocycles. The van der Waals surface area contributed by atoms with Crippen LogP contribution in [0.2, 0.25) is 0 Å². The Balaban J connectivity index is 1.49. The molecule has 0 radical (unpaired) electrons. The highest BCUT2D eigenvalue weighted by Crippen LogP contribution is 2.22. The summed E-state index contributed by atoms with van der Waals surface area (Å²) in [5, 5.41) is 6.41. The van der Waals surface area contributed by atoms with E-state index >= 15 is 0 Å². The molecule has 0 saturated carbocycles. The van der Waals surface area contributed by atoms with Crippen LogP contribution in [0.1, 0.15) is 34.8 Å². The van der Waals surface area contributed by atoms with Crippen LogP contribution in [0.4, 0.5) is 0 Å². The van der Waals surface area contributed by atoms with Gasteiger partial charge in [-0.15, -0.1) is 11.3 Å². The number of fused-ring (bicyclic) bond motifs is 2. The highest BCUT2D eigenvalue weighted by molar-refractivity contribution is 7.17. The van der Waals surface area contributed by atoms with E-state index in [1.165, 1.54) is 11.3 Å². The Bertz CT molecular complexity index is 1120. The maximum atomic E-state index is 12.8. The first kappa shape index (κ1) is 18.9. The van der Waals surface area contributed by atoms with Crippen molar-refractivity contribution in [1.29, 1.82) is 0 Å². The Hall–Kier alpha value is -2.48. The topological polar surface area (TPSA) is 73.0 Å². The van der Waals surface area contributed by atoms with E-state index < -0.39 is 0 Å². The van der Waals surface area contributed by atoms with Crippen LogP contribution in [0.25, 0.3) is 10.2 Å². The molecule has 0 fully saturated rings. The predicted octanol–water partition coefficient (Wildman–Crippen LogP) is 2.13. The van der Waals surface area contributed by atoms with Gasteiger partial charge in [0.05, 0.1) is 11.2 Å². The van der Waals surface area contributed by atoms with E-state index in [1.54, 1.807) is 4.57 Å². The zero-order valence-electron chi connectivity index (χ0n) is 16.8. The molecule has 7 nitrogen and oxygen atoms in total. The van der Waals surface area contributed by atoms with E-state index in [-0.39, 0.29) is 11.5 Å². The van der Waals surface area contributed by atoms with Crippen LogP contribution in [-0.2, 0) is 31.2 Å². The Morgan fingerprint density at radius 1 is 1.21 bits per heavy atom. The van der Waals surface area contributed by atoms with Crippen molar-refractivity contribution in [2.75, 3.05) is 13.1 Å². The second-order valence-corrected chi connectivity index (χ2v) is 8.36. The molecule has 0 unspecified atom stereocenters. The summed E-state index contributed by atoms with van der Waals surface area (Å²) in [6.45, 7) is 7.66. The lowest BCUT2D eigenvalue weighted by Gasteiger charge is -2.19. The fourth-order valence-electron chi connectivity index (χ4n) is 3.97. The van der Waals surface area contributed by atoms with Crippen molar-refractivity contribution in [3.8, 4) is 0 Å². The largest absolute Gasteiger partial charge is 0.340 e. The third-order valence-corrected chi connectivity index (χ3v) is 6.81. The van der Waals surface area contributed by atoms with Gasteiger partial charge in [0.25, 0.3) is 5.56 Å². The number of carbonyl (C=O) groups is 1. The number of carbonyl (C=O) groups excluding carboxylic acids is 1. The van der Waals surface area contributed by atoms with Gasteiger partial charge in [-0.25, -0.2) is 4.98 Å². The van der Waals surface area contributed by atoms with Crippen LogP contribution in [0.15, 0.2) is 10.2 Å². The molecule has 1 aliphatic rings. The SMILES string of the molecule is Cc1nn(C)c(C)c1CCC(=O)N1CCc2nc3c(C)csc3c(=O)n2CC1. The lowest BCUT2D eigenvalue weighted by molar-refractivity contribution is -0.131. The quantitative estimate of drug-likeness (QED) is 0.676. The third kappa shape index (κ3) is 3.15. The van der Waals surface area contributed by atoms with Gasteiger partial charge in [-0.3, -0.25) is 18.8 Å². The van der Waals surface area contributed by atoms with Crippen molar-refractivity contribution in [1.82, 2.24) is 24.2 Å². The molecule has 1 aliphatic heterocycles. The highest BCUT2D eigenvalue weighted by Gasteiger charge is 2.22. The average molecular weight is 400 g/mol. The summed E-state index contributed by atoms with van der Waals surface area (Å²) in [7, 11) is 1.93. The van der Waals surface area contributed by atoms with Crippen LogP contribution in [0.5, 0.6) is 0 Å². The zero-order chi connectivity index (χ0) is 20.0. The van der Waals surface area contributed by atoms with Gasteiger partial charge in [0.1, 0.15) is 10.5 Å². The van der Waals surface area contributed by atoms with E-state index in [4.69, 9.17) is 4.98 Å². The number of amides is 1. The fraction of sp³-hybridized carbons (Fsp3) is 0.500. The first-order valence-electron chi connectivity index (χ1n) is 9.61. The third-order valence-electron chi connectivity index (χ3n) is 5.73. The van der Waals surface area contributed by atoms with Crippen molar-refractivity contribution < 1.29 is 4.79 Å². The minimum absolute atomic E-state index is 0.0222. The first-order chi connectivity index (χ1) is 13.4. The summed E-state index contributed by atoms with van der Waals surface area (Å²) in [5.41, 5.74) is 5.13. The monoisotopic (exact) mass is 399 g/mol. The number of nitrogens with zero attached hydrogens (tertiary/aromatic N) is 5. The molecule has 0 spiro atoms. The molecule has 0 aromatic carbocycles. The smallest absolute Gasteiger partial charge is 0.271 e. The molecule has 0 saturated heterocycles. The molecule has 0 atom stereocenters. The Kier molecular flexibility index (Phi) is 4.82. The first-order valence-corrected chi connectivity index (χ1v) is 10.5. The van der Waals surface area contributed by atoms with E-state index in [2.05, 4.69) is 5.10 Å². The van der Waals surface area contributed by atoms with E-state index in [0.717, 1.165) is 33.9 Å². The molecule has 28 heavy (non-hydrogen) atoms. The number of hydrogen-bond acceptors (Lipinski definition) is 5. The van der Waals surface area contributed by atoms with E-state index in [0.29, 0.717) is 43.6 Å². The van der Waals surface area contributed by atoms with Crippen molar-refractivity contribution in [3.63, 3.8) is 0 Å².